The lowest BCUT2D eigenvalue weighted by Gasteiger charge is -2.16. The zero-order valence-corrected chi connectivity index (χ0v) is 14.9. The number of hydrogen-bond acceptors (Lipinski definition) is 7. The van der Waals surface area contributed by atoms with E-state index in [0.29, 0.717) is 0 Å². The van der Waals surface area contributed by atoms with E-state index in [1.165, 1.54) is 25.3 Å². The Bertz CT molecular complexity index is 1020. The highest BCUT2D eigenvalue weighted by atomic mass is 32.2. The molecule has 140 valence electrons. The Hall–Kier alpha value is -2.27. The summed E-state index contributed by atoms with van der Waals surface area (Å²) in [5.74, 6) is 0. The second-order valence-corrected chi connectivity index (χ2v) is 7.68. The molecule has 0 amide bonds. The lowest BCUT2D eigenvalue weighted by atomic mass is 10.2. The summed E-state index contributed by atoms with van der Waals surface area (Å²) in [5.41, 5.74) is -0.0901. The van der Waals surface area contributed by atoms with E-state index in [1.807, 2.05) is 6.92 Å². The first kappa shape index (κ1) is 18.5. The monoisotopic (exact) mass is 382 g/mol. The molecule has 9 nitrogen and oxygen atoms in total. The SMILES string of the molecule is Cc1ccc(S(=O)(=O)O[C@H]2O[C@@H](n3cc(C)c(=O)[nH]c3=O)C[C@@H]2O)cc1. The summed E-state index contributed by atoms with van der Waals surface area (Å²) in [6.45, 7) is 3.32. The molecule has 2 heterocycles. The van der Waals surface area contributed by atoms with Gasteiger partial charge >= 0.3 is 5.69 Å². The second-order valence-electron chi connectivity index (χ2n) is 6.10. The smallest absolute Gasteiger partial charge is 0.330 e. The summed E-state index contributed by atoms with van der Waals surface area (Å²) in [4.78, 5) is 25.4. The van der Waals surface area contributed by atoms with Crippen molar-refractivity contribution < 1.29 is 22.4 Å². The number of H-pyrrole nitrogens is 1. The fourth-order valence-electron chi connectivity index (χ4n) is 2.57. The molecule has 3 atom stereocenters. The van der Waals surface area contributed by atoms with Crippen molar-refractivity contribution in [2.24, 2.45) is 0 Å². The van der Waals surface area contributed by atoms with Gasteiger partial charge in [0.1, 0.15) is 12.3 Å². The molecule has 0 radical (unpaired) electrons. The van der Waals surface area contributed by atoms with Crippen LogP contribution < -0.4 is 11.2 Å². The Balaban J connectivity index is 1.81. The Kier molecular flexibility index (Phi) is 4.84. The van der Waals surface area contributed by atoms with E-state index in [1.54, 1.807) is 12.1 Å². The molecule has 1 saturated heterocycles. The van der Waals surface area contributed by atoms with E-state index in [9.17, 15) is 23.1 Å². The van der Waals surface area contributed by atoms with Crippen LogP contribution in [0.2, 0.25) is 0 Å². The molecule has 2 aromatic rings. The number of aryl methyl sites for hydroxylation is 2. The number of nitrogens with zero attached hydrogens (tertiary/aromatic N) is 1. The van der Waals surface area contributed by atoms with Crippen LogP contribution in [0.1, 0.15) is 23.8 Å². The average molecular weight is 382 g/mol. The quantitative estimate of drug-likeness (QED) is 0.721. The minimum atomic E-state index is -4.15. The van der Waals surface area contributed by atoms with Crippen molar-refractivity contribution >= 4 is 10.1 Å². The first-order valence-electron chi connectivity index (χ1n) is 7.83. The van der Waals surface area contributed by atoms with E-state index in [2.05, 4.69) is 4.98 Å². The number of hydrogen-bond donors (Lipinski definition) is 2. The Labute approximate surface area is 149 Å². The highest BCUT2D eigenvalue weighted by Gasteiger charge is 2.39. The van der Waals surface area contributed by atoms with Gasteiger partial charge in [0.05, 0.1) is 4.90 Å². The highest BCUT2D eigenvalue weighted by molar-refractivity contribution is 7.86. The van der Waals surface area contributed by atoms with E-state index in [4.69, 9.17) is 8.92 Å². The van der Waals surface area contributed by atoms with Crippen molar-refractivity contribution in [2.75, 3.05) is 0 Å². The maximum atomic E-state index is 12.3. The highest BCUT2D eigenvalue weighted by Crippen LogP contribution is 2.30. The van der Waals surface area contributed by atoms with Gasteiger partial charge < -0.3 is 9.84 Å². The lowest BCUT2D eigenvalue weighted by molar-refractivity contribution is -0.123. The standard InChI is InChI=1S/C16H18N2O7S/c1-9-3-5-11(6-4-9)26(22,23)25-15-12(19)7-13(24-15)18-8-10(2)14(20)17-16(18)21/h3-6,8,12-13,15,19H,7H2,1-2H3,(H,17,20,21)/t12-,13+,15+/m0/s1. The summed E-state index contributed by atoms with van der Waals surface area (Å²) in [5, 5.41) is 10.1. The van der Waals surface area contributed by atoms with Gasteiger partial charge in [0, 0.05) is 18.2 Å². The summed E-state index contributed by atoms with van der Waals surface area (Å²) < 4.78 is 36.1. The van der Waals surface area contributed by atoms with Gasteiger partial charge in [-0.2, -0.15) is 8.42 Å². The molecule has 0 saturated carbocycles. The molecule has 10 heteroatoms. The van der Waals surface area contributed by atoms with E-state index >= 15 is 0 Å². The van der Waals surface area contributed by atoms with Crippen LogP contribution in [-0.4, -0.2) is 35.5 Å². The fourth-order valence-corrected chi connectivity index (χ4v) is 3.57. The van der Waals surface area contributed by atoms with Gasteiger partial charge in [-0.05, 0) is 26.0 Å². The van der Waals surface area contributed by atoms with Crippen LogP contribution in [-0.2, 0) is 19.0 Å². The van der Waals surface area contributed by atoms with Crippen LogP contribution in [0.25, 0.3) is 0 Å². The summed E-state index contributed by atoms with van der Waals surface area (Å²) in [6, 6.07) is 6.01. The maximum absolute atomic E-state index is 12.3. The number of benzene rings is 1. The van der Waals surface area contributed by atoms with Gasteiger partial charge in [-0.3, -0.25) is 14.3 Å². The number of aliphatic hydroxyl groups excluding tert-OH is 1. The van der Waals surface area contributed by atoms with E-state index < -0.39 is 40.0 Å². The second kappa shape index (κ2) is 6.80. The molecule has 0 unspecified atom stereocenters. The summed E-state index contributed by atoms with van der Waals surface area (Å²) >= 11 is 0. The number of rotatable bonds is 4. The molecule has 1 aliphatic heterocycles. The minimum absolute atomic E-state index is 0.0700. The number of aromatic nitrogens is 2. The molecule has 2 N–H and O–H groups in total. The van der Waals surface area contributed by atoms with Crippen molar-refractivity contribution in [1.82, 2.24) is 9.55 Å². The molecule has 0 spiro atoms. The van der Waals surface area contributed by atoms with Crippen LogP contribution in [0.3, 0.4) is 0 Å². The average Bonchev–Trinajstić information content (AvgIpc) is 2.91. The number of aromatic amines is 1. The normalized spacial score (nSPS) is 23.3. The van der Waals surface area contributed by atoms with Crippen molar-refractivity contribution in [2.45, 2.75) is 43.8 Å². The number of aliphatic hydroxyl groups is 1. The largest absolute Gasteiger partial charge is 0.388 e. The van der Waals surface area contributed by atoms with Gasteiger partial charge in [-0.1, -0.05) is 17.7 Å². The van der Waals surface area contributed by atoms with Crippen LogP contribution in [0.15, 0.2) is 44.9 Å². The van der Waals surface area contributed by atoms with Crippen LogP contribution in [0.5, 0.6) is 0 Å². The lowest BCUT2D eigenvalue weighted by Crippen LogP contribution is -2.33. The van der Waals surface area contributed by atoms with Crippen molar-refractivity contribution in [3.05, 3.63) is 62.4 Å². The molecule has 1 aliphatic rings. The summed E-state index contributed by atoms with van der Waals surface area (Å²) in [7, 11) is -4.15. The van der Waals surface area contributed by atoms with Crippen LogP contribution in [0.4, 0.5) is 0 Å². The fraction of sp³-hybridized carbons (Fsp3) is 0.375. The number of ether oxygens (including phenoxy) is 1. The van der Waals surface area contributed by atoms with Crippen molar-refractivity contribution in [3.8, 4) is 0 Å². The Morgan fingerprint density at radius 2 is 1.88 bits per heavy atom. The Morgan fingerprint density at radius 1 is 1.23 bits per heavy atom. The molecule has 0 bridgehead atoms. The topological polar surface area (TPSA) is 128 Å². The Morgan fingerprint density at radius 3 is 2.54 bits per heavy atom. The zero-order valence-electron chi connectivity index (χ0n) is 14.1. The van der Waals surface area contributed by atoms with Gasteiger partial charge in [0.25, 0.3) is 15.7 Å². The predicted octanol–water partition coefficient (Wildman–Crippen LogP) is 0.165. The van der Waals surface area contributed by atoms with Gasteiger partial charge in [-0.25, -0.2) is 8.98 Å². The van der Waals surface area contributed by atoms with Crippen LogP contribution >= 0.6 is 0 Å². The summed E-state index contributed by atoms with van der Waals surface area (Å²) in [6.07, 6.45) is -2.48. The predicted molar refractivity (Wildman–Crippen MR) is 90.0 cm³/mol. The third-order valence-electron chi connectivity index (χ3n) is 4.04. The molecule has 1 aromatic heterocycles. The zero-order chi connectivity index (χ0) is 19.1. The van der Waals surface area contributed by atoms with Crippen LogP contribution in [0, 0.1) is 13.8 Å². The third-order valence-corrected chi connectivity index (χ3v) is 5.33. The number of nitrogens with one attached hydrogen (secondary N) is 1. The van der Waals surface area contributed by atoms with Gasteiger partial charge in [0.15, 0.2) is 0 Å². The van der Waals surface area contributed by atoms with Crippen molar-refractivity contribution in [3.63, 3.8) is 0 Å². The minimum Gasteiger partial charge on any atom is -0.388 e. The molecule has 26 heavy (non-hydrogen) atoms. The molecule has 1 aromatic carbocycles. The molecular weight excluding hydrogens is 364 g/mol. The third kappa shape index (κ3) is 3.63. The first-order chi connectivity index (χ1) is 12.2. The molecule has 0 aliphatic carbocycles. The van der Waals surface area contributed by atoms with Gasteiger partial charge in [-0.15, -0.1) is 0 Å². The van der Waals surface area contributed by atoms with Crippen molar-refractivity contribution in [1.29, 1.82) is 0 Å². The van der Waals surface area contributed by atoms with Gasteiger partial charge in [0.2, 0.25) is 6.29 Å². The first-order valence-corrected chi connectivity index (χ1v) is 9.24. The van der Waals surface area contributed by atoms with E-state index in [0.717, 1.165) is 10.1 Å². The maximum Gasteiger partial charge on any atom is 0.330 e. The molecule has 1 fully saturated rings. The molecule has 3 rings (SSSR count). The molecular formula is C16H18N2O7S. The van der Waals surface area contributed by atoms with E-state index in [-0.39, 0.29) is 16.9 Å².